The van der Waals surface area contributed by atoms with Crippen LogP contribution >= 0.6 is 0 Å². The molecule has 2 aliphatic carbocycles. The zero-order valence-electron chi connectivity index (χ0n) is 13.0. The predicted molar refractivity (Wildman–Crippen MR) is 84.6 cm³/mol. The maximum absolute atomic E-state index is 11.1. The predicted octanol–water partition coefficient (Wildman–Crippen LogP) is 2.51. The van der Waals surface area contributed by atoms with Crippen LogP contribution < -0.4 is 5.32 Å². The van der Waals surface area contributed by atoms with Gasteiger partial charge in [0.2, 0.25) is 0 Å². The molecule has 1 aromatic carbocycles. The Labute approximate surface area is 134 Å². The zero-order chi connectivity index (χ0) is 15.8. The van der Waals surface area contributed by atoms with Gasteiger partial charge in [0.15, 0.2) is 0 Å². The van der Waals surface area contributed by atoms with Crippen molar-refractivity contribution >= 4 is 5.97 Å². The fraction of sp³-hybridized carbons (Fsp3) is 0.444. The standard InChI is InChI=1S/C18H20N2O3/c21-18(22)12-6-5-11-8-14(9-13(11)7-12)19-10-16-15-3-1-2-4-17(15)23-20-16/h5-7,14,19H,1-4,8-10H2,(H,21,22). The Balaban J connectivity index is 1.41. The van der Waals surface area contributed by atoms with Crippen LogP contribution in [-0.4, -0.2) is 22.3 Å². The van der Waals surface area contributed by atoms with E-state index in [9.17, 15) is 4.79 Å². The van der Waals surface area contributed by atoms with Crippen molar-refractivity contribution in [1.29, 1.82) is 0 Å². The van der Waals surface area contributed by atoms with Gasteiger partial charge in [0.25, 0.3) is 0 Å². The second kappa shape index (κ2) is 5.81. The van der Waals surface area contributed by atoms with E-state index in [0.717, 1.165) is 49.2 Å². The largest absolute Gasteiger partial charge is 0.478 e. The van der Waals surface area contributed by atoms with Crippen LogP contribution in [0.2, 0.25) is 0 Å². The molecule has 5 heteroatoms. The van der Waals surface area contributed by atoms with Gasteiger partial charge in [-0.15, -0.1) is 0 Å². The summed E-state index contributed by atoms with van der Waals surface area (Å²) in [7, 11) is 0. The number of carboxylic acids is 1. The smallest absolute Gasteiger partial charge is 0.335 e. The number of benzene rings is 1. The maximum atomic E-state index is 11.1. The summed E-state index contributed by atoms with van der Waals surface area (Å²) >= 11 is 0. The normalized spacial score (nSPS) is 19.4. The number of hydrogen-bond donors (Lipinski definition) is 2. The van der Waals surface area contributed by atoms with Crippen molar-refractivity contribution in [2.75, 3.05) is 0 Å². The molecule has 0 bridgehead atoms. The summed E-state index contributed by atoms with van der Waals surface area (Å²) in [4.78, 5) is 11.1. The Bertz CT molecular complexity index is 751. The minimum absolute atomic E-state index is 0.338. The van der Waals surface area contributed by atoms with Gasteiger partial charge in [-0.25, -0.2) is 4.79 Å². The van der Waals surface area contributed by atoms with Crippen molar-refractivity contribution < 1.29 is 14.4 Å². The number of aromatic carboxylic acids is 1. The Hall–Kier alpha value is -2.14. The molecule has 0 spiro atoms. The summed E-state index contributed by atoms with van der Waals surface area (Å²) in [5.74, 6) is 0.201. The molecule has 1 atom stereocenters. The van der Waals surface area contributed by atoms with Gasteiger partial charge in [-0.05, 0) is 55.4 Å². The van der Waals surface area contributed by atoms with E-state index in [4.69, 9.17) is 9.63 Å². The molecule has 1 heterocycles. The molecule has 2 aliphatic rings. The minimum Gasteiger partial charge on any atom is -0.478 e. The first-order valence-corrected chi connectivity index (χ1v) is 8.25. The average molecular weight is 312 g/mol. The number of aromatic nitrogens is 1. The highest BCUT2D eigenvalue weighted by molar-refractivity contribution is 5.88. The van der Waals surface area contributed by atoms with Crippen molar-refractivity contribution in [3.8, 4) is 0 Å². The number of nitrogens with one attached hydrogen (secondary N) is 1. The molecule has 0 aliphatic heterocycles. The number of rotatable bonds is 4. The fourth-order valence-electron chi connectivity index (χ4n) is 3.72. The first kappa shape index (κ1) is 14.5. The van der Waals surface area contributed by atoms with Crippen LogP contribution in [-0.2, 0) is 32.2 Å². The number of hydrogen-bond acceptors (Lipinski definition) is 4. The molecule has 0 saturated heterocycles. The van der Waals surface area contributed by atoms with Gasteiger partial charge >= 0.3 is 5.97 Å². The molecule has 2 N–H and O–H groups in total. The first-order chi connectivity index (χ1) is 11.2. The molecular formula is C18H20N2O3. The lowest BCUT2D eigenvalue weighted by molar-refractivity contribution is 0.0697. The molecule has 120 valence electrons. The van der Waals surface area contributed by atoms with E-state index in [1.807, 2.05) is 6.07 Å². The Morgan fingerprint density at radius 1 is 1.26 bits per heavy atom. The Kier molecular flexibility index (Phi) is 3.65. The topological polar surface area (TPSA) is 75.4 Å². The van der Waals surface area contributed by atoms with Crippen LogP contribution in [0.1, 0.15) is 51.3 Å². The summed E-state index contributed by atoms with van der Waals surface area (Å²) in [5.41, 5.74) is 5.10. The monoisotopic (exact) mass is 312 g/mol. The molecule has 4 rings (SSSR count). The van der Waals surface area contributed by atoms with Gasteiger partial charge in [0.05, 0.1) is 5.56 Å². The second-order valence-electron chi connectivity index (χ2n) is 6.51. The highest BCUT2D eigenvalue weighted by atomic mass is 16.5. The van der Waals surface area contributed by atoms with E-state index in [0.29, 0.717) is 11.6 Å². The average Bonchev–Trinajstić information content (AvgIpc) is 3.15. The van der Waals surface area contributed by atoms with Gasteiger partial charge in [-0.2, -0.15) is 0 Å². The van der Waals surface area contributed by atoms with Crippen LogP contribution in [0, 0.1) is 0 Å². The number of fused-ring (bicyclic) bond motifs is 2. The van der Waals surface area contributed by atoms with Crippen LogP contribution in [0.25, 0.3) is 0 Å². The van der Waals surface area contributed by atoms with Gasteiger partial charge < -0.3 is 14.9 Å². The highest BCUT2D eigenvalue weighted by Crippen LogP contribution is 2.26. The van der Waals surface area contributed by atoms with Crippen LogP contribution in [0.3, 0.4) is 0 Å². The van der Waals surface area contributed by atoms with Crippen LogP contribution in [0.15, 0.2) is 22.7 Å². The van der Waals surface area contributed by atoms with Gasteiger partial charge in [-0.3, -0.25) is 0 Å². The molecule has 1 aromatic heterocycles. The third-order valence-electron chi connectivity index (χ3n) is 4.98. The van der Waals surface area contributed by atoms with E-state index in [-0.39, 0.29) is 0 Å². The van der Waals surface area contributed by atoms with Gasteiger partial charge in [0.1, 0.15) is 11.5 Å². The molecule has 0 saturated carbocycles. The van der Waals surface area contributed by atoms with Crippen molar-refractivity contribution in [2.24, 2.45) is 0 Å². The summed E-state index contributed by atoms with van der Waals surface area (Å²) < 4.78 is 5.45. The molecule has 2 aromatic rings. The lowest BCUT2D eigenvalue weighted by Crippen LogP contribution is -2.29. The van der Waals surface area contributed by atoms with Crippen molar-refractivity contribution in [1.82, 2.24) is 10.5 Å². The lowest BCUT2D eigenvalue weighted by atomic mass is 9.96. The Morgan fingerprint density at radius 3 is 2.96 bits per heavy atom. The zero-order valence-corrected chi connectivity index (χ0v) is 13.0. The van der Waals surface area contributed by atoms with E-state index in [2.05, 4.69) is 10.5 Å². The van der Waals surface area contributed by atoms with Gasteiger partial charge in [0, 0.05) is 24.6 Å². The molecule has 0 amide bonds. The van der Waals surface area contributed by atoms with Crippen molar-refractivity contribution in [3.05, 3.63) is 51.9 Å². The van der Waals surface area contributed by atoms with Crippen molar-refractivity contribution in [3.63, 3.8) is 0 Å². The fourth-order valence-corrected chi connectivity index (χ4v) is 3.72. The van der Waals surface area contributed by atoms with Crippen LogP contribution in [0.5, 0.6) is 0 Å². The number of nitrogens with zero attached hydrogens (tertiary/aromatic N) is 1. The van der Waals surface area contributed by atoms with E-state index >= 15 is 0 Å². The highest BCUT2D eigenvalue weighted by Gasteiger charge is 2.24. The molecule has 1 unspecified atom stereocenters. The van der Waals surface area contributed by atoms with E-state index in [1.165, 1.54) is 24.0 Å². The van der Waals surface area contributed by atoms with E-state index < -0.39 is 5.97 Å². The number of carboxylic acid groups (broad SMARTS) is 1. The molecule has 5 nitrogen and oxygen atoms in total. The Morgan fingerprint density at radius 2 is 2.09 bits per heavy atom. The molecule has 23 heavy (non-hydrogen) atoms. The van der Waals surface area contributed by atoms with Crippen molar-refractivity contribution in [2.45, 2.75) is 51.1 Å². The summed E-state index contributed by atoms with van der Waals surface area (Å²) in [6.07, 6.45) is 6.30. The molecular weight excluding hydrogens is 292 g/mol. The SMILES string of the molecule is O=C(O)c1ccc2c(c1)CC(NCc1noc3c1CCCC3)C2. The maximum Gasteiger partial charge on any atom is 0.335 e. The van der Waals surface area contributed by atoms with Crippen LogP contribution in [0.4, 0.5) is 0 Å². The van der Waals surface area contributed by atoms with E-state index in [1.54, 1.807) is 12.1 Å². The summed E-state index contributed by atoms with van der Waals surface area (Å²) in [5, 5.41) is 16.9. The van der Waals surface area contributed by atoms with Gasteiger partial charge in [-0.1, -0.05) is 11.2 Å². The number of carbonyl (C=O) groups is 1. The third-order valence-corrected chi connectivity index (χ3v) is 4.98. The molecule has 0 fully saturated rings. The number of aryl methyl sites for hydroxylation is 1. The quantitative estimate of drug-likeness (QED) is 0.907. The summed E-state index contributed by atoms with van der Waals surface area (Å²) in [6, 6.07) is 5.78. The third kappa shape index (κ3) is 2.77. The second-order valence-corrected chi connectivity index (χ2v) is 6.51. The first-order valence-electron chi connectivity index (χ1n) is 8.25. The molecule has 0 radical (unpaired) electrons. The minimum atomic E-state index is -0.863. The lowest BCUT2D eigenvalue weighted by Gasteiger charge is -2.13. The summed E-state index contributed by atoms with van der Waals surface area (Å²) in [6.45, 7) is 0.725.